The molecule has 0 aliphatic carbocycles. The third kappa shape index (κ3) is 3.77. The van der Waals surface area contributed by atoms with Crippen LogP contribution in [-0.2, 0) is 14.9 Å². The molecular formula is C15H18ClN3O7S. The third-order valence-corrected chi connectivity index (χ3v) is 5.95. The fourth-order valence-corrected chi connectivity index (χ4v) is 3.76. The van der Waals surface area contributed by atoms with Crippen LogP contribution in [0.1, 0.15) is 6.92 Å². The molecule has 0 spiro atoms. The van der Waals surface area contributed by atoms with Gasteiger partial charge in [-0.1, -0.05) is 16.1 Å². The number of hydroxylamine groups is 1. The average molecular weight is 420 g/mol. The maximum absolute atomic E-state index is 12.4. The monoisotopic (exact) mass is 419 g/mol. The maximum Gasteiger partial charge on any atom is 0.269 e. The largest absolute Gasteiger partial charge is 0.504 e. The zero-order chi connectivity index (χ0) is 20.5. The Morgan fingerprint density at radius 2 is 1.85 bits per heavy atom. The standard InChI is InChI=1S/C15H18ClN3O7S/c1-7(6-20)17-10-11(14(23)13(10)22)18-9-5-4-8(16)15(12(9)21)27(24,25)19(2)26-3/h4-5,7,17-18,20-21H,6H2,1-3H3/t7-/m1/s1. The second kappa shape index (κ2) is 7.82. The van der Waals surface area contributed by atoms with Crippen LogP contribution >= 0.6 is 11.6 Å². The normalized spacial score (nSPS) is 13.1. The number of rotatable bonds is 8. The van der Waals surface area contributed by atoms with Gasteiger partial charge >= 0.3 is 0 Å². The summed E-state index contributed by atoms with van der Waals surface area (Å²) in [6.45, 7) is 1.31. The number of hydrogen-bond donors (Lipinski definition) is 4. The van der Waals surface area contributed by atoms with Gasteiger partial charge in [-0.3, -0.25) is 14.4 Å². The lowest BCUT2D eigenvalue weighted by Crippen LogP contribution is -2.39. The molecule has 4 N–H and O–H groups in total. The second-order valence-electron chi connectivity index (χ2n) is 5.63. The first-order valence-corrected chi connectivity index (χ1v) is 9.40. The number of aromatic hydroxyl groups is 1. The van der Waals surface area contributed by atoms with Crippen LogP contribution < -0.4 is 21.5 Å². The van der Waals surface area contributed by atoms with Crippen molar-refractivity contribution in [2.45, 2.75) is 17.9 Å². The predicted molar refractivity (Wildman–Crippen MR) is 99.9 cm³/mol. The molecule has 0 saturated heterocycles. The molecule has 0 fully saturated rings. The van der Waals surface area contributed by atoms with Crippen LogP contribution in [0.15, 0.2) is 26.6 Å². The first-order valence-electron chi connectivity index (χ1n) is 7.58. The summed E-state index contributed by atoms with van der Waals surface area (Å²) in [5, 5.41) is 24.4. The summed E-state index contributed by atoms with van der Waals surface area (Å²) < 4.78 is 25.4. The van der Waals surface area contributed by atoms with Crippen molar-refractivity contribution in [2.75, 3.05) is 31.4 Å². The topological polar surface area (TPSA) is 145 Å². The number of phenolic OH excluding ortho intramolecular Hbond substituents is 1. The molecule has 0 aliphatic heterocycles. The number of benzene rings is 1. The van der Waals surface area contributed by atoms with Crippen LogP contribution in [0.5, 0.6) is 5.75 Å². The molecule has 12 heteroatoms. The van der Waals surface area contributed by atoms with E-state index in [0.29, 0.717) is 4.47 Å². The number of halogens is 1. The summed E-state index contributed by atoms with van der Waals surface area (Å²) in [5.41, 5.74) is -2.04. The molecule has 0 amide bonds. The number of sulfonamides is 1. The molecule has 0 aliphatic rings. The highest BCUT2D eigenvalue weighted by atomic mass is 35.5. The number of anilines is 3. The summed E-state index contributed by atoms with van der Waals surface area (Å²) in [5.74, 6) is -0.749. The van der Waals surface area contributed by atoms with Gasteiger partial charge in [0.15, 0.2) is 5.75 Å². The highest BCUT2D eigenvalue weighted by Gasteiger charge is 2.30. The molecule has 0 aromatic heterocycles. The van der Waals surface area contributed by atoms with Gasteiger partial charge in [0.2, 0.25) is 0 Å². The highest BCUT2D eigenvalue weighted by molar-refractivity contribution is 7.89. The average Bonchev–Trinajstić information content (AvgIpc) is 2.64. The van der Waals surface area contributed by atoms with E-state index in [9.17, 15) is 23.1 Å². The Morgan fingerprint density at radius 3 is 2.41 bits per heavy atom. The van der Waals surface area contributed by atoms with Gasteiger partial charge in [0.1, 0.15) is 16.3 Å². The van der Waals surface area contributed by atoms with Crippen molar-refractivity contribution in [3.05, 3.63) is 37.6 Å². The van der Waals surface area contributed by atoms with E-state index in [4.69, 9.17) is 16.7 Å². The van der Waals surface area contributed by atoms with Crippen LogP contribution in [0, 0.1) is 0 Å². The predicted octanol–water partition coefficient (Wildman–Crippen LogP) is 0.360. The number of nitrogens with zero attached hydrogens (tertiary/aromatic N) is 1. The molecule has 1 atom stereocenters. The van der Waals surface area contributed by atoms with Gasteiger partial charge in [-0.05, 0) is 19.1 Å². The summed E-state index contributed by atoms with van der Waals surface area (Å²) in [6, 6.07) is 1.95. The lowest BCUT2D eigenvalue weighted by molar-refractivity contribution is -0.0259. The van der Waals surface area contributed by atoms with E-state index in [1.165, 1.54) is 12.1 Å². The van der Waals surface area contributed by atoms with Crippen molar-refractivity contribution in [2.24, 2.45) is 0 Å². The van der Waals surface area contributed by atoms with Gasteiger partial charge in [-0.2, -0.15) is 0 Å². The van der Waals surface area contributed by atoms with Crippen molar-refractivity contribution in [1.82, 2.24) is 4.47 Å². The lowest BCUT2D eigenvalue weighted by Gasteiger charge is -2.20. The first kappa shape index (κ1) is 21.1. The molecule has 148 valence electrons. The van der Waals surface area contributed by atoms with Gasteiger partial charge < -0.3 is 20.8 Å². The Hall–Kier alpha value is -2.18. The number of aliphatic hydroxyl groups is 1. The van der Waals surface area contributed by atoms with Crippen LogP contribution in [0.4, 0.5) is 17.1 Å². The Labute approximate surface area is 159 Å². The minimum Gasteiger partial charge on any atom is -0.504 e. The molecule has 0 heterocycles. The van der Waals surface area contributed by atoms with Crippen LogP contribution in [0.3, 0.4) is 0 Å². The van der Waals surface area contributed by atoms with Crippen molar-refractivity contribution in [1.29, 1.82) is 0 Å². The molecule has 2 aromatic rings. The van der Waals surface area contributed by atoms with E-state index < -0.39 is 37.6 Å². The Morgan fingerprint density at radius 1 is 1.26 bits per heavy atom. The zero-order valence-corrected chi connectivity index (χ0v) is 16.2. The third-order valence-electron chi connectivity index (χ3n) is 3.77. The van der Waals surface area contributed by atoms with E-state index in [-0.39, 0.29) is 28.7 Å². The summed E-state index contributed by atoms with van der Waals surface area (Å²) in [6.07, 6.45) is 0. The molecule has 0 bridgehead atoms. The Balaban J connectivity index is 2.50. The lowest BCUT2D eigenvalue weighted by atomic mass is 10.1. The van der Waals surface area contributed by atoms with Crippen LogP contribution in [0.25, 0.3) is 0 Å². The number of nitrogens with one attached hydrogen (secondary N) is 2. The van der Waals surface area contributed by atoms with E-state index in [2.05, 4.69) is 15.5 Å². The molecule has 0 saturated carbocycles. The van der Waals surface area contributed by atoms with Gasteiger partial charge in [0.25, 0.3) is 20.9 Å². The van der Waals surface area contributed by atoms with Crippen LogP contribution in [0.2, 0.25) is 5.02 Å². The smallest absolute Gasteiger partial charge is 0.269 e. The van der Waals surface area contributed by atoms with Gasteiger partial charge in [0.05, 0.1) is 24.4 Å². The van der Waals surface area contributed by atoms with Gasteiger partial charge in [-0.15, -0.1) is 0 Å². The molecule has 10 nitrogen and oxygen atoms in total. The van der Waals surface area contributed by atoms with Crippen molar-refractivity contribution in [3.63, 3.8) is 0 Å². The fourth-order valence-electron chi connectivity index (χ4n) is 2.19. The van der Waals surface area contributed by atoms with Gasteiger partial charge in [0, 0.05) is 13.1 Å². The molecule has 0 radical (unpaired) electrons. The maximum atomic E-state index is 12.4. The van der Waals surface area contributed by atoms with Crippen molar-refractivity contribution >= 4 is 38.7 Å². The zero-order valence-electron chi connectivity index (χ0n) is 14.6. The van der Waals surface area contributed by atoms with Crippen molar-refractivity contribution < 1.29 is 23.5 Å². The number of phenols is 1. The summed E-state index contributed by atoms with van der Waals surface area (Å²) in [7, 11) is -2.05. The van der Waals surface area contributed by atoms with Gasteiger partial charge in [-0.25, -0.2) is 8.42 Å². The molecule has 27 heavy (non-hydrogen) atoms. The van der Waals surface area contributed by atoms with Crippen LogP contribution in [-0.4, -0.2) is 49.9 Å². The molecule has 2 rings (SSSR count). The Bertz CT molecular complexity index is 1030. The second-order valence-corrected chi connectivity index (χ2v) is 7.91. The first-order chi connectivity index (χ1) is 12.6. The van der Waals surface area contributed by atoms with E-state index in [1.54, 1.807) is 6.92 Å². The van der Waals surface area contributed by atoms with E-state index in [0.717, 1.165) is 14.2 Å². The molecule has 0 unspecified atom stereocenters. The number of aliphatic hydroxyl groups excluding tert-OH is 1. The van der Waals surface area contributed by atoms with Crippen molar-refractivity contribution in [3.8, 4) is 5.75 Å². The molecular weight excluding hydrogens is 402 g/mol. The molecule has 2 aromatic carbocycles. The van der Waals surface area contributed by atoms with E-state index >= 15 is 0 Å². The Kier molecular flexibility index (Phi) is 6.12. The number of hydrogen-bond acceptors (Lipinski definition) is 9. The fraction of sp³-hybridized carbons (Fsp3) is 0.333. The SMILES string of the molecule is CON(C)S(=O)(=O)c1c(Cl)ccc(Nc2c(N[C@H](C)CO)c(=O)c2=O)c1O. The minimum absolute atomic E-state index is 0.0747. The summed E-state index contributed by atoms with van der Waals surface area (Å²) >= 11 is 5.92. The quantitative estimate of drug-likeness (QED) is 0.270. The van der Waals surface area contributed by atoms with E-state index in [1.807, 2.05) is 0 Å². The minimum atomic E-state index is -4.29. The highest BCUT2D eigenvalue weighted by Crippen LogP contribution is 2.39. The summed E-state index contributed by atoms with van der Waals surface area (Å²) in [4.78, 5) is 27.6.